The summed E-state index contributed by atoms with van der Waals surface area (Å²) in [7, 11) is 3.04. The van der Waals surface area contributed by atoms with Crippen LogP contribution in [-0.4, -0.2) is 26.1 Å². The van der Waals surface area contributed by atoms with E-state index in [0.717, 1.165) is 31.2 Å². The lowest BCUT2D eigenvalue weighted by Gasteiger charge is -2.21. The second-order valence-corrected chi connectivity index (χ2v) is 8.24. The van der Waals surface area contributed by atoms with Gasteiger partial charge in [0.1, 0.15) is 0 Å². The molecule has 1 amide bonds. The molecule has 1 N–H and O–H groups in total. The Bertz CT molecular complexity index is 833. The molecule has 0 saturated heterocycles. The Kier molecular flexibility index (Phi) is 13.6. The molecule has 0 radical (unpaired) electrons. The Morgan fingerprint density at radius 2 is 1.66 bits per heavy atom. The number of amides is 1. The number of carbonyl (C=O) groups is 2. The maximum atomic E-state index is 12.3. The number of anilines is 1. The molecule has 0 unspecified atom stereocenters. The zero-order chi connectivity index (χ0) is 23.9. The molecule has 1 saturated carbocycles. The van der Waals surface area contributed by atoms with Crippen molar-refractivity contribution in [3.8, 4) is 0 Å². The first kappa shape index (κ1) is 27.9. The van der Waals surface area contributed by atoms with Gasteiger partial charge in [0.05, 0.1) is 19.3 Å². The molecule has 0 bridgehead atoms. The number of hydrogen-bond donors (Lipinski definition) is 1. The standard InChI is InChI=1S/C16H20BrNO3.C8H10O.C2H6/c1-10-8-13(17)12(16(20)21-2)9-14(10)18-15(19)11-6-4-3-5-7-11;1-9-7-8-5-3-2-4-6-8;1-2/h8-9,11H,3-7H2,1-2H3,(H,18,19);2-6H,7H2,1H3;1-2H3. The molecule has 0 aliphatic heterocycles. The highest BCUT2D eigenvalue weighted by Gasteiger charge is 2.22. The number of hydrogen-bond acceptors (Lipinski definition) is 4. The minimum Gasteiger partial charge on any atom is -0.465 e. The van der Waals surface area contributed by atoms with E-state index in [0.29, 0.717) is 22.3 Å². The SMILES string of the molecule is CC.COC(=O)c1cc(NC(=O)C2CCCCC2)c(C)cc1Br.COCc1ccccc1. The quantitative estimate of drug-likeness (QED) is 0.447. The number of ether oxygens (including phenoxy) is 2. The van der Waals surface area contributed by atoms with Gasteiger partial charge in [0.15, 0.2) is 0 Å². The van der Waals surface area contributed by atoms with E-state index in [1.165, 1.54) is 19.1 Å². The fourth-order valence-corrected chi connectivity index (χ4v) is 4.03. The number of carbonyl (C=O) groups excluding carboxylic acids is 2. The summed E-state index contributed by atoms with van der Waals surface area (Å²) in [4.78, 5) is 24.0. The fourth-order valence-electron chi connectivity index (χ4n) is 3.41. The maximum Gasteiger partial charge on any atom is 0.339 e. The lowest BCUT2D eigenvalue weighted by molar-refractivity contribution is -0.120. The number of methoxy groups -OCH3 is 2. The Labute approximate surface area is 201 Å². The second-order valence-electron chi connectivity index (χ2n) is 7.38. The van der Waals surface area contributed by atoms with E-state index in [1.54, 1.807) is 13.2 Å². The number of benzene rings is 2. The van der Waals surface area contributed by atoms with Gasteiger partial charge >= 0.3 is 5.97 Å². The van der Waals surface area contributed by atoms with E-state index in [4.69, 9.17) is 9.47 Å². The zero-order valence-electron chi connectivity index (χ0n) is 19.9. The van der Waals surface area contributed by atoms with Crippen LogP contribution in [0.5, 0.6) is 0 Å². The van der Waals surface area contributed by atoms with Gasteiger partial charge in [-0.05, 0) is 59.0 Å². The molecule has 1 fully saturated rings. The van der Waals surface area contributed by atoms with Gasteiger partial charge in [0, 0.05) is 23.2 Å². The summed E-state index contributed by atoms with van der Waals surface area (Å²) in [6.45, 7) is 6.61. The molecule has 176 valence electrons. The van der Waals surface area contributed by atoms with E-state index in [-0.39, 0.29) is 11.8 Å². The normalized spacial score (nSPS) is 13.1. The number of rotatable bonds is 5. The summed E-state index contributed by atoms with van der Waals surface area (Å²) in [5, 5.41) is 2.96. The van der Waals surface area contributed by atoms with Gasteiger partial charge in [-0.25, -0.2) is 4.79 Å². The molecule has 0 atom stereocenters. The molecule has 1 aliphatic rings. The molecule has 0 aromatic heterocycles. The Hall–Kier alpha value is -2.18. The van der Waals surface area contributed by atoms with Crippen molar-refractivity contribution in [2.45, 2.75) is 59.5 Å². The highest BCUT2D eigenvalue weighted by molar-refractivity contribution is 9.10. The van der Waals surface area contributed by atoms with Crippen molar-refractivity contribution >= 4 is 33.5 Å². The average molecular weight is 506 g/mol. The van der Waals surface area contributed by atoms with Crippen LogP contribution in [0.3, 0.4) is 0 Å². The first-order valence-corrected chi connectivity index (χ1v) is 12.0. The monoisotopic (exact) mass is 505 g/mol. The van der Waals surface area contributed by atoms with Crippen LogP contribution >= 0.6 is 15.9 Å². The summed E-state index contributed by atoms with van der Waals surface area (Å²) in [6.07, 6.45) is 5.35. The van der Waals surface area contributed by atoms with E-state index < -0.39 is 5.97 Å². The van der Waals surface area contributed by atoms with Crippen molar-refractivity contribution in [2.75, 3.05) is 19.5 Å². The average Bonchev–Trinajstić information content (AvgIpc) is 2.83. The second kappa shape index (κ2) is 15.6. The van der Waals surface area contributed by atoms with Gasteiger partial charge in [-0.3, -0.25) is 4.79 Å². The van der Waals surface area contributed by atoms with Crippen LogP contribution in [-0.2, 0) is 20.9 Å². The van der Waals surface area contributed by atoms with Crippen LogP contribution in [0.25, 0.3) is 0 Å². The Balaban J connectivity index is 0.000000388. The predicted molar refractivity (Wildman–Crippen MR) is 134 cm³/mol. The molecular formula is C26H36BrNO4. The third-order valence-electron chi connectivity index (χ3n) is 5.11. The molecule has 32 heavy (non-hydrogen) atoms. The van der Waals surface area contributed by atoms with Crippen molar-refractivity contribution in [1.82, 2.24) is 0 Å². The van der Waals surface area contributed by atoms with E-state index >= 15 is 0 Å². The molecule has 2 aromatic carbocycles. The highest BCUT2D eigenvalue weighted by Crippen LogP contribution is 2.29. The zero-order valence-corrected chi connectivity index (χ0v) is 21.5. The number of aryl methyl sites for hydroxylation is 1. The minimum absolute atomic E-state index is 0.0518. The van der Waals surface area contributed by atoms with Crippen molar-refractivity contribution in [1.29, 1.82) is 0 Å². The largest absolute Gasteiger partial charge is 0.465 e. The predicted octanol–water partition coefficient (Wildman–Crippen LogP) is 6.92. The topological polar surface area (TPSA) is 64.6 Å². The molecule has 5 nitrogen and oxygen atoms in total. The molecule has 0 heterocycles. The maximum absolute atomic E-state index is 12.3. The fraction of sp³-hybridized carbons (Fsp3) is 0.462. The van der Waals surface area contributed by atoms with Crippen LogP contribution in [0.15, 0.2) is 46.9 Å². The number of esters is 1. The van der Waals surface area contributed by atoms with Crippen LogP contribution in [0.1, 0.15) is 67.4 Å². The third kappa shape index (κ3) is 9.13. The summed E-state index contributed by atoms with van der Waals surface area (Å²) in [5.41, 5.74) is 3.23. The van der Waals surface area contributed by atoms with Crippen molar-refractivity contribution in [3.05, 3.63) is 63.6 Å². The van der Waals surface area contributed by atoms with Gasteiger partial charge in [0.2, 0.25) is 5.91 Å². The smallest absolute Gasteiger partial charge is 0.339 e. The molecule has 6 heteroatoms. The molecule has 1 aliphatic carbocycles. The summed E-state index contributed by atoms with van der Waals surface area (Å²) >= 11 is 3.35. The highest BCUT2D eigenvalue weighted by atomic mass is 79.9. The van der Waals surface area contributed by atoms with Crippen LogP contribution in [0.4, 0.5) is 5.69 Å². The van der Waals surface area contributed by atoms with Gasteiger partial charge in [-0.2, -0.15) is 0 Å². The Morgan fingerprint density at radius 1 is 1.03 bits per heavy atom. The van der Waals surface area contributed by atoms with Crippen LogP contribution in [0.2, 0.25) is 0 Å². The van der Waals surface area contributed by atoms with Gasteiger partial charge in [-0.1, -0.05) is 63.4 Å². The lowest BCUT2D eigenvalue weighted by Crippen LogP contribution is -2.25. The molecular weight excluding hydrogens is 470 g/mol. The number of halogens is 1. The van der Waals surface area contributed by atoms with Gasteiger partial charge in [-0.15, -0.1) is 0 Å². The summed E-state index contributed by atoms with van der Waals surface area (Å²) in [5.74, 6) is -0.283. The number of nitrogens with one attached hydrogen (secondary N) is 1. The first-order chi connectivity index (χ1) is 15.5. The van der Waals surface area contributed by atoms with E-state index in [9.17, 15) is 9.59 Å². The van der Waals surface area contributed by atoms with E-state index in [2.05, 4.69) is 21.2 Å². The van der Waals surface area contributed by atoms with Crippen LogP contribution < -0.4 is 5.32 Å². The summed E-state index contributed by atoms with van der Waals surface area (Å²) < 4.78 is 10.3. The summed E-state index contributed by atoms with van der Waals surface area (Å²) in [6, 6.07) is 13.6. The first-order valence-electron chi connectivity index (χ1n) is 11.2. The lowest BCUT2D eigenvalue weighted by atomic mass is 9.88. The van der Waals surface area contributed by atoms with Crippen molar-refractivity contribution < 1.29 is 19.1 Å². The van der Waals surface area contributed by atoms with Crippen molar-refractivity contribution in [3.63, 3.8) is 0 Å². The molecule has 2 aromatic rings. The molecule has 3 rings (SSSR count). The van der Waals surface area contributed by atoms with Gasteiger partial charge < -0.3 is 14.8 Å². The molecule has 0 spiro atoms. The van der Waals surface area contributed by atoms with Crippen molar-refractivity contribution in [2.24, 2.45) is 5.92 Å². The van der Waals surface area contributed by atoms with Crippen LogP contribution in [0, 0.1) is 12.8 Å². The third-order valence-corrected chi connectivity index (χ3v) is 5.76. The minimum atomic E-state index is -0.421. The van der Waals surface area contributed by atoms with E-state index in [1.807, 2.05) is 57.2 Å². The Morgan fingerprint density at radius 3 is 2.22 bits per heavy atom. The van der Waals surface area contributed by atoms with Gasteiger partial charge in [0.25, 0.3) is 0 Å².